The Morgan fingerprint density at radius 2 is 1.68 bits per heavy atom. The maximum atomic E-state index is 12.7. The lowest BCUT2D eigenvalue weighted by Gasteiger charge is -2.20. The molecule has 1 atom stereocenters. The predicted molar refractivity (Wildman–Crippen MR) is 99.9 cm³/mol. The third-order valence-electron chi connectivity index (χ3n) is 4.01. The minimum absolute atomic E-state index is 0.0459. The van der Waals surface area contributed by atoms with Gasteiger partial charge >= 0.3 is 0 Å². The summed E-state index contributed by atoms with van der Waals surface area (Å²) in [5.41, 5.74) is 1.81. The third kappa shape index (κ3) is 4.29. The van der Waals surface area contributed by atoms with Crippen molar-refractivity contribution in [3.8, 4) is 5.75 Å². The summed E-state index contributed by atoms with van der Waals surface area (Å²) in [5, 5.41) is 2.98. The second-order valence-corrected chi connectivity index (χ2v) is 5.74. The fraction of sp³-hybridized carbons (Fsp3) is 0.190. The van der Waals surface area contributed by atoms with Crippen molar-refractivity contribution in [3.05, 3.63) is 84.7 Å². The zero-order chi connectivity index (χ0) is 17.5. The molecule has 0 aliphatic heterocycles. The van der Waals surface area contributed by atoms with E-state index in [-0.39, 0.29) is 11.9 Å². The van der Waals surface area contributed by atoms with Crippen LogP contribution >= 0.6 is 0 Å². The average Bonchev–Trinajstić information content (AvgIpc) is 3.17. The van der Waals surface area contributed by atoms with E-state index in [0.29, 0.717) is 24.5 Å². The minimum Gasteiger partial charge on any atom is -0.492 e. The molecule has 25 heavy (non-hydrogen) atoms. The van der Waals surface area contributed by atoms with E-state index in [1.54, 1.807) is 0 Å². The molecule has 0 fully saturated rings. The number of hydrogen-bond donors (Lipinski definition) is 1. The van der Waals surface area contributed by atoms with Gasteiger partial charge in [-0.3, -0.25) is 4.79 Å². The summed E-state index contributed by atoms with van der Waals surface area (Å²) < 4.78 is 7.64. The molecule has 0 bridgehead atoms. The monoisotopic (exact) mass is 334 g/mol. The molecule has 0 aliphatic carbocycles. The lowest BCUT2D eigenvalue weighted by molar-refractivity contribution is -0.116. The number of anilines is 1. The van der Waals surface area contributed by atoms with Gasteiger partial charge in [0.15, 0.2) is 0 Å². The Morgan fingerprint density at radius 1 is 1.00 bits per heavy atom. The van der Waals surface area contributed by atoms with Crippen molar-refractivity contribution in [2.24, 2.45) is 0 Å². The van der Waals surface area contributed by atoms with E-state index in [0.717, 1.165) is 5.56 Å². The number of ether oxygens (including phenoxy) is 1. The van der Waals surface area contributed by atoms with Crippen LogP contribution in [-0.2, 0) is 4.79 Å². The Balaban J connectivity index is 1.78. The molecule has 1 aromatic heterocycles. The Labute approximate surface area is 148 Å². The van der Waals surface area contributed by atoms with Gasteiger partial charge in [0, 0.05) is 12.4 Å². The maximum absolute atomic E-state index is 12.7. The quantitative estimate of drug-likeness (QED) is 0.691. The van der Waals surface area contributed by atoms with E-state index in [1.807, 2.05) is 86.0 Å². The van der Waals surface area contributed by atoms with Crippen molar-refractivity contribution < 1.29 is 9.53 Å². The first-order valence-electron chi connectivity index (χ1n) is 8.47. The Hall–Kier alpha value is -3.01. The lowest BCUT2D eigenvalue weighted by Crippen LogP contribution is -2.20. The van der Waals surface area contributed by atoms with Gasteiger partial charge in [0.25, 0.3) is 0 Å². The first kappa shape index (κ1) is 16.8. The van der Waals surface area contributed by atoms with Crippen LogP contribution in [0.25, 0.3) is 0 Å². The van der Waals surface area contributed by atoms with Crippen molar-refractivity contribution in [1.29, 1.82) is 0 Å². The van der Waals surface area contributed by atoms with E-state index >= 15 is 0 Å². The number of hydrogen-bond acceptors (Lipinski definition) is 2. The summed E-state index contributed by atoms with van der Waals surface area (Å²) in [6.45, 7) is 2.49. The van der Waals surface area contributed by atoms with E-state index in [4.69, 9.17) is 4.74 Å². The van der Waals surface area contributed by atoms with E-state index in [1.165, 1.54) is 0 Å². The van der Waals surface area contributed by atoms with Gasteiger partial charge in [-0.25, -0.2) is 0 Å². The van der Waals surface area contributed by atoms with Crippen molar-refractivity contribution in [2.75, 3.05) is 11.9 Å². The molecule has 0 saturated carbocycles. The molecule has 0 spiro atoms. The Bertz CT molecular complexity index is 798. The number of rotatable bonds is 7. The highest BCUT2D eigenvalue weighted by molar-refractivity contribution is 5.92. The van der Waals surface area contributed by atoms with Gasteiger partial charge in [0.2, 0.25) is 5.91 Å². The standard InChI is InChI=1S/C21H22N2O2/c1-2-25-20-13-7-6-12-18(20)22-21(24)16-19(23-14-8-9-15-23)17-10-4-3-5-11-17/h3-15,19H,2,16H2,1H3,(H,22,24)/t19-/m0/s1. The van der Waals surface area contributed by atoms with Crippen molar-refractivity contribution in [3.63, 3.8) is 0 Å². The van der Waals surface area contributed by atoms with E-state index in [2.05, 4.69) is 9.88 Å². The van der Waals surface area contributed by atoms with Crippen LogP contribution in [0, 0.1) is 0 Å². The first-order valence-corrected chi connectivity index (χ1v) is 8.47. The lowest BCUT2D eigenvalue weighted by atomic mass is 10.0. The third-order valence-corrected chi connectivity index (χ3v) is 4.01. The molecule has 0 aliphatic rings. The fourth-order valence-corrected chi connectivity index (χ4v) is 2.85. The van der Waals surface area contributed by atoms with Gasteiger partial charge in [0.05, 0.1) is 24.8 Å². The second-order valence-electron chi connectivity index (χ2n) is 5.74. The summed E-state index contributed by atoms with van der Waals surface area (Å²) in [6.07, 6.45) is 4.32. The smallest absolute Gasteiger partial charge is 0.226 e. The molecule has 3 rings (SSSR count). The molecule has 4 heteroatoms. The van der Waals surface area contributed by atoms with Crippen LogP contribution in [-0.4, -0.2) is 17.1 Å². The van der Waals surface area contributed by atoms with Crippen molar-refractivity contribution in [2.45, 2.75) is 19.4 Å². The molecular weight excluding hydrogens is 312 g/mol. The van der Waals surface area contributed by atoms with Gasteiger partial charge in [-0.1, -0.05) is 42.5 Å². The summed E-state index contributed by atoms with van der Waals surface area (Å²) in [4.78, 5) is 12.7. The summed E-state index contributed by atoms with van der Waals surface area (Å²) >= 11 is 0. The topological polar surface area (TPSA) is 43.3 Å². The number of para-hydroxylation sites is 2. The van der Waals surface area contributed by atoms with Crippen LogP contribution in [0.4, 0.5) is 5.69 Å². The number of carbonyl (C=O) groups is 1. The zero-order valence-electron chi connectivity index (χ0n) is 14.3. The molecule has 128 valence electrons. The molecule has 1 amide bonds. The molecule has 4 nitrogen and oxygen atoms in total. The molecule has 0 radical (unpaired) electrons. The van der Waals surface area contributed by atoms with Crippen molar-refractivity contribution >= 4 is 11.6 Å². The van der Waals surface area contributed by atoms with Gasteiger partial charge < -0.3 is 14.6 Å². The van der Waals surface area contributed by atoms with Crippen LogP contribution in [0.15, 0.2) is 79.1 Å². The van der Waals surface area contributed by atoms with E-state index in [9.17, 15) is 4.79 Å². The normalized spacial score (nSPS) is 11.7. The summed E-state index contributed by atoms with van der Waals surface area (Å²) in [7, 11) is 0. The van der Waals surface area contributed by atoms with Gasteiger partial charge in [0.1, 0.15) is 5.75 Å². The van der Waals surface area contributed by atoms with E-state index < -0.39 is 0 Å². The first-order chi connectivity index (χ1) is 12.3. The maximum Gasteiger partial charge on any atom is 0.226 e. The van der Waals surface area contributed by atoms with Gasteiger partial charge in [-0.2, -0.15) is 0 Å². The largest absolute Gasteiger partial charge is 0.492 e. The molecular formula is C21H22N2O2. The Kier molecular flexibility index (Phi) is 5.52. The number of amides is 1. The molecule has 0 unspecified atom stereocenters. The average molecular weight is 334 g/mol. The number of nitrogens with one attached hydrogen (secondary N) is 1. The highest BCUT2D eigenvalue weighted by atomic mass is 16.5. The molecule has 0 saturated heterocycles. The zero-order valence-corrected chi connectivity index (χ0v) is 14.3. The van der Waals surface area contributed by atoms with Crippen molar-refractivity contribution in [1.82, 2.24) is 4.57 Å². The van der Waals surface area contributed by atoms with Crippen LogP contribution < -0.4 is 10.1 Å². The molecule has 3 aromatic rings. The highest BCUT2D eigenvalue weighted by Gasteiger charge is 2.18. The van der Waals surface area contributed by atoms with Crippen LogP contribution in [0.2, 0.25) is 0 Å². The van der Waals surface area contributed by atoms with Crippen LogP contribution in [0.3, 0.4) is 0 Å². The highest BCUT2D eigenvalue weighted by Crippen LogP contribution is 2.26. The molecule has 2 aromatic carbocycles. The summed E-state index contributed by atoms with van der Waals surface area (Å²) in [5.74, 6) is 0.644. The number of aromatic nitrogens is 1. The second kappa shape index (κ2) is 8.20. The SMILES string of the molecule is CCOc1ccccc1NC(=O)C[C@@H](c1ccccc1)n1cccc1. The molecule has 1 N–H and O–H groups in total. The number of nitrogens with zero attached hydrogens (tertiary/aromatic N) is 1. The van der Waals surface area contributed by atoms with Crippen LogP contribution in [0.1, 0.15) is 24.9 Å². The van der Waals surface area contributed by atoms with Gasteiger partial charge in [-0.15, -0.1) is 0 Å². The number of benzene rings is 2. The molecule has 1 heterocycles. The van der Waals surface area contributed by atoms with Gasteiger partial charge in [-0.05, 0) is 36.8 Å². The fourth-order valence-electron chi connectivity index (χ4n) is 2.85. The Morgan fingerprint density at radius 3 is 2.40 bits per heavy atom. The number of carbonyl (C=O) groups excluding carboxylic acids is 1. The van der Waals surface area contributed by atoms with Crippen LogP contribution in [0.5, 0.6) is 5.75 Å². The summed E-state index contributed by atoms with van der Waals surface area (Å²) in [6, 6.07) is 21.5. The predicted octanol–water partition coefficient (Wildman–Crippen LogP) is 4.51. The minimum atomic E-state index is -0.0466.